The quantitative estimate of drug-likeness (QED) is 0.928. The molecule has 1 atom stereocenters. The summed E-state index contributed by atoms with van der Waals surface area (Å²) in [6.45, 7) is 7.14. The first kappa shape index (κ1) is 16.5. The van der Waals surface area contributed by atoms with Crippen LogP contribution < -0.4 is 4.90 Å². The molecule has 2 saturated heterocycles. The molecule has 0 aliphatic carbocycles. The van der Waals surface area contributed by atoms with E-state index in [4.69, 9.17) is 0 Å². The molecule has 1 amide bonds. The van der Waals surface area contributed by atoms with Crippen LogP contribution in [0.25, 0.3) is 0 Å². The van der Waals surface area contributed by atoms with Crippen LogP contribution in [-0.2, 0) is 4.79 Å². The number of benzene rings is 1. The number of aliphatic hydroxyl groups is 1. The van der Waals surface area contributed by atoms with Crippen molar-refractivity contribution in [3.05, 3.63) is 29.8 Å². The minimum Gasteiger partial charge on any atom is -0.396 e. The summed E-state index contributed by atoms with van der Waals surface area (Å²) >= 11 is 0. The lowest BCUT2D eigenvalue weighted by Gasteiger charge is -2.42. The molecule has 1 unspecified atom stereocenters. The molecule has 2 aliphatic heterocycles. The van der Waals surface area contributed by atoms with Crippen LogP contribution in [0.2, 0.25) is 0 Å². The highest BCUT2D eigenvalue weighted by Gasteiger charge is 2.40. The first-order chi connectivity index (χ1) is 11.1. The summed E-state index contributed by atoms with van der Waals surface area (Å²) in [6, 6.07) is 8.23. The van der Waals surface area contributed by atoms with Crippen LogP contribution >= 0.6 is 0 Å². The number of hydrogen-bond acceptors (Lipinski definition) is 3. The summed E-state index contributed by atoms with van der Waals surface area (Å²) in [5, 5.41) is 9.66. The Morgan fingerprint density at radius 2 is 1.83 bits per heavy atom. The van der Waals surface area contributed by atoms with Crippen molar-refractivity contribution in [1.29, 1.82) is 0 Å². The number of piperidine rings is 1. The van der Waals surface area contributed by atoms with Gasteiger partial charge in [0.05, 0.1) is 6.04 Å². The van der Waals surface area contributed by atoms with Crippen molar-refractivity contribution in [1.82, 2.24) is 4.90 Å². The average Bonchev–Trinajstić information content (AvgIpc) is 2.97. The van der Waals surface area contributed by atoms with E-state index in [0.717, 1.165) is 51.0 Å². The number of carbonyl (C=O) groups is 1. The zero-order valence-corrected chi connectivity index (χ0v) is 14.3. The molecule has 1 N–H and O–H groups in total. The fraction of sp³-hybridized carbons (Fsp3) is 0.632. The molecule has 2 fully saturated rings. The van der Waals surface area contributed by atoms with Crippen molar-refractivity contribution in [3.8, 4) is 0 Å². The van der Waals surface area contributed by atoms with Gasteiger partial charge in [0.15, 0.2) is 0 Å². The highest BCUT2D eigenvalue weighted by Crippen LogP contribution is 2.36. The van der Waals surface area contributed by atoms with E-state index in [2.05, 4.69) is 30.9 Å². The van der Waals surface area contributed by atoms with Gasteiger partial charge in [0, 0.05) is 18.8 Å². The van der Waals surface area contributed by atoms with Gasteiger partial charge in [-0.1, -0.05) is 24.6 Å². The van der Waals surface area contributed by atoms with Crippen LogP contribution in [0, 0.1) is 12.3 Å². The van der Waals surface area contributed by atoms with E-state index in [0.29, 0.717) is 0 Å². The third-order valence-electron chi connectivity index (χ3n) is 5.91. The van der Waals surface area contributed by atoms with Gasteiger partial charge in [-0.3, -0.25) is 9.69 Å². The minimum absolute atomic E-state index is 0.0184. The van der Waals surface area contributed by atoms with Gasteiger partial charge in [-0.2, -0.15) is 0 Å². The Kier molecular flexibility index (Phi) is 4.74. The molecule has 0 saturated carbocycles. The molecule has 4 nitrogen and oxygen atoms in total. The molecule has 0 radical (unpaired) electrons. The van der Waals surface area contributed by atoms with Gasteiger partial charge in [0.2, 0.25) is 5.91 Å². The Balaban J connectivity index is 1.65. The van der Waals surface area contributed by atoms with Crippen molar-refractivity contribution in [2.75, 3.05) is 31.1 Å². The maximum absolute atomic E-state index is 12.8. The fourth-order valence-electron chi connectivity index (χ4n) is 3.92. The van der Waals surface area contributed by atoms with E-state index >= 15 is 0 Å². The monoisotopic (exact) mass is 316 g/mol. The second kappa shape index (κ2) is 6.62. The molecular weight excluding hydrogens is 288 g/mol. The van der Waals surface area contributed by atoms with Crippen molar-refractivity contribution < 1.29 is 9.90 Å². The number of carbonyl (C=O) groups excluding carboxylic acids is 1. The van der Waals surface area contributed by atoms with E-state index in [1.807, 2.05) is 17.0 Å². The molecule has 0 spiro atoms. The summed E-state index contributed by atoms with van der Waals surface area (Å²) in [5.41, 5.74) is 2.31. The van der Waals surface area contributed by atoms with Crippen molar-refractivity contribution >= 4 is 11.6 Å². The van der Waals surface area contributed by atoms with Crippen LogP contribution in [0.15, 0.2) is 24.3 Å². The number of hydrogen-bond donors (Lipinski definition) is 1. The highest BCUT2D eigenvalue weighted by molar-refractivity contribution is 5.99. The van der Waals surface area contributed by atoms with E-state index in [1.165, 1.54) is 5.56 Å². The summed E-state index contributed by atoms with van der Waals surface area (Å²) in [4.78, 5) is 17.1. The first-order valence-electron chi connectivity index (χ1n) is 8.81. The van der Waals surface area contributed by atoms with E-state index < -0.39 is 0 Å². The van der Waals surface area contributed by atoms with Crippen LogP contribution in [0.1, 0.15) is 38.2 Å². The average molecular weight is 316 g/mol. The molecule has 0 bridgehead atoms. The van der Waals surface area contributed by atoms with Gasteiger partial charge in [-0.05, 0) is 63.2 Å². The smallest absolute Gasteiger partial charge is 0.244 e. The van der Waals surface area contributed by atoms with Gasteiger partial charge in [-0.25, -0.2) is 0 Å². The van der Waals surface area contributed by atoms with E-state index in [-0.39, 0.29) is 24.0 Å². The SMILES string of the molecule is CCC1(CO)CCN(C2CCN(c3ccc(C)cc3)C2=O)CC1. The van der Waals surface area contributed by atoms with E-state index in [9.17, 15) is 9.90 Å². The largest absolute Gasteiger partial charge is 0.396 e. The zero-order chi connectivity index (χ0) is 16.4. The zero-order valence-electron chi connectivity index (χ0n) is 14.3. The van der Waals surface area contributed by atoms with Crippen LogP contribution in [-0.4, -0.2) is 48.2 Å². The third kappa shape index (κ3) is 3.15. The lowest BCUT2D eigenvalue weighted by atomic mass is 9.76. The number of aryl methyl sites for hydroxylation is 1. The third-order valence-corrected chi connectivity index (χ3v) is 5.91. The maximum Gasteiger partial charge on any atom is 0.244 e. The molecule has 1 aromatic rings. The predicted molar refractivity (Wildman–Crippen MR) is 92.6 cm³/mol. The summed E-state index contributed by atoms with van der Waals surface area (Å²) in [5.74, 6) is 0.238. The molecule has 126 valence electrons. The Bertz CT molecular complexity index is 541. The number of likely N-dealkylation sites (tertiary alicyclic amines) is 1. The van der Waals surface area contributed by atoms with Gasteiger partial charge >= 0.3 is 0 Å². The second-order valence-electron chi connectivity index (χ2n) is 7.18. The summed E-state index contributed by atoms with van der Waals surface area (Å²) < 4.78 is 0. The molecular formula is C19H28N2O2. The van der Waals surface area contributed by atoms with E-state index in [1.54, 1.807) is 0 Å². The normalized spacial score (nSPS) is 25.1. The molecule has 23 heavy (non-hydrogen) atoms. The van der Waals surface area contributed by atoms with Crippen molar-refractivity contribution in [2.24, 2.45) is 5.41 Å². The number of aliphatic hydroxyl groups excluding tert-OH is 1. The topological polar surface area (TPSA) is 43.8 Å². The number of nitrogens with zero attached hydrogens (tertiary/aromatic N) is 2. The molecule has 3 rings (SSSR count). The molecule has 1 aromatic carbocycles. The molecule has 4 heteroatoms. The standard InChI is InChI=1S/C19H28N2O2/c1-3-19(14-22)9-12-20(13-10-19)17-8-11-21(18(17)23)16-6-4-15(2)5-7-16/h4-7,17,22H,3,8-14H2,1-2H3. The lowest BCUT2D eigenvalue weighted by molar-refractivity contribution is -0.122. The highest BCUT2D eigenvalue weighted by atomic mass is 16.3. The van der Waals surface area contributed by atoms with Gasteiger partial charge in [-0.15, -0.1) is 0 Å². The first-order valence-corrected chi connectivity index (χ1v) is 8.81. The lowest BCUT2D eigenvalue weighted by Crippen LogP contribution is -2.49. The molecule has 2 heterocycles. The van der Waals surface area contributed by atoms with Gasteiger partial charge in [0.1, 0.15) is 0 Å². The molecule has 0 aromatic heterocycles. The van der Waals surface area contributed by atoms with Gasteiger partial charge in [0.25, 0.3) is 0 Å². The number of anilines is 1. The number of rotatable bonds is 4. The Morgan fingerprint density at radius 3 is 2.39 bits per heavy atom. The second-order valence-corrected chi connectivity index (χ2v) is 7.18. The Labute approximate surface area is 139 Å². The minimum atomic E-state index is 0.0184. The number of amides is 1. The van der Waals surface area contributed by atoms with Crippen LogP contribution in [0.5, 0.6) is 0 Å². The van der Waals surface area contributed by atoms with Crippen LogP contribution in [0.3, 0.4) is 0 Å². The van der Waals surface area contributed by atoms with Gasteiger partial charge < -0.3 is 10.0 Å². The van der Waals surface area contributed by atoms with Crippen LogP contribution in [0.4, 0.5) is 5.69 Å². The van der Waals surface area contributed by atoms with Crippen molar-refractivity contribution in [3.63, 3.8) is 0 Å². The summed E-state index contributed by atoms with van der Waals surface area (Å²) in [6.07, 6.45) is 3.92. The van der Waals surface area contributed by atoms with Crippen molar-refractivity contribution in [2.45, 2.75) is 45.6 Å². The maximum atomic E-state index is 12.8. The summed E-state index contributed by atoms with van der Waals surface area (Å²) in [7, 11) is 0. The fourth-order valence-corrected chi connectivity index (χ4v) is 3.92. The predicted octanol–water partition coefficient (Wildman–Crippen LogP) is 2.58. The Morgan fingerprint density at radius 1 is 1.17 bits per heavy atom. The molecule has 2 aliphatic rings. The Hall–Kier alpha value is -1.39.